The van der Waals surface area contributed by atoms with Crippen molar-refractivity contribution in [2.75, 3.05) is 38.3 Å². The van der Waals surface area contributed by atoms with Crippen molar-refractivity contribution in [3.05, 3.63) is 46.5 Å². The van der Waals surface area contributed by atoms with Crippen molar-refractivity contribution >= 4 is 11.9 Å². The van der Waals surface area contributed by atoms with Gasteiger partial charge in [-0.3, -0.25) is 4.79 Å². The van der Waals surface area contributed by atoms with E-state index in [1.165, 1.54) is 0 Å². The fourth-order valence-corrected chi connectivity index (χ4v) is 2.80. The van der Waals surface area contributed by atoms with Crippen LogP contribution in [0.2, 0.25) is 0 Å². The van der Waals surface area contributed by atoms with E-state index in [2.05, 4.69) is 20.0 Å². The van der Waals surface area contributed by atoms with E-state index in [4.69, 9.17) is 4.74 Å². The molecule has 150 valence electrons. The Morgan fingerprint density at radius 3 is 2.61 bits per heavy atom. The summed E-state index contributed by atoms with van der Waals surface area (Å²) in [5.74, 6) is -5.49. The molecule has 3 rings (SSSR count). The summed E-state index contributed by atoms with van der Waals surface area (Å²) in [5, 5.41) is 2.45. The molecular formula is C18H19F3N4O3. The second-order valence-electron chi connectivity index (χ2n) is 6.15. The predicted octanol–water partition coefficient (Wildman–Crippen LogP) is 1.98. The number of hydrogen-bond acceptors (Lipinski definition) is 6. The molecule has 1 aromatic carbocycles. The van der Waals surface area contributed by atoms with Crippen molar-refractivity contribution in [3.63, 3.8) is 0 Å². The molecule has 0 aliphatic carbocycles. The monoisotopic (exact) mass is 396 g/mol. The maximum Gasteiger partial charge on any atom is 0.254 e. The number of halogens is 3. The number of anilines is 1. The lowest BCUT2D eigenvalue weighted by Gasteiger charge is -2.27. The molecule has 1 N–H and O–H groups in total. The molecule has 1 aliphatic heterocycles. The molecule has 1 aromatic heterocycles. The lowest BCUT2D eigenvalue weighted by molar-refractivity contribution is 0.0944. The molecule has 0 unspecified atom stereocenters. The van der Waals surface area contributed by atoms with Crippen LogP contribution in [0.15, 0.2) is 12.1 Å². The van der Waals surface area contributed by atoms with Gasteiger partial charge in [-0.15, -0.1) is 0 Å². The zero-order valence-corrected chi connectivity index (χ0v) is 15.4. The van der Waals surface area contributed by atoms with E-state index < -0.39 is 34.7 Å². The molecular weight excluding hydrogens is 377 g/mol. The van der Waals surface area contributed by atoms with Crippen LogP contribution in [0.4, 0.5) is 19.1 Å². The summed E-state index contributed by atoms with van der Waals surface area (Å²) >= 11 is 0. The van der Waals surface area contributed by atoms with Gasteiger partial charge in [0.2, 0.25) is 11.8 Å². The highest BCUT2D eigenvalue weighted by Crippen LogP contribution is 2.27. The average molecular weight is 396 g/mol. The van der Waals surface area contributed by atoms with Crippen LogP contribution in [0.1, 0.15) is 21.7 Å². The normalized spacial score (nSPS) is 14.1. The number of rotatable bonds is 5. The number of amides is 1. The molecule has 2 aromatic rings. The molecule has 1 fully saturated rings. The second-order valence-corrected chi connectivity index (χ2v) is 6.15. The van der Waals surface area contributed by atoms with E-state index in [0.717, 1.165) is 7.11 Å². The molecule has 1 aliphatic rings. The molecule has 0 spiro atoms. The third kappa shape index (κ3) is 4.16. The van der Waals surface area contributed by atoms with Gasteiger partial charge in [0, 0.05) is 18.8 Å². The molecule has 28 heavy (non-hydrogen) atoms. The summed E-state index contributed by atoms with van der Waals surface area (Å²) in [7, 11) is 0.986. The molecule has 0 radical (unpaired) electrons. The quantitative estimate of drug-likeness (QED) is 0.779. The third-order valence-electron chi connectivity index (χ3n) is 4.18. The van der Waals surface area contributed by atoms with Crippen molar-refractivity contribution in [2.45, 2.75) is 13.5 Å². The first-order valence-electron chi connectivity index (χ1n) is 8.57. The van der Waals surface area contributed by atoms with Gasteiger partial charge in [0.25, 0.3) is 5.91 Å². The van der Waals surface area contributed by atoms with Gasteiger partial charge in [-0.1, -0.05) is 0 Å². The number of aromatic nitrogens is 2. The summed E-state index contributed by atoms with van der Waals surface area (Å²) in [6, 6.07) is 2.17. The Labute approximate surface area is 159 Å². The summed E-state index contributed by atoms with van der Waals surface area (Å²) in [5.41, 5.74) is 0.536. The van der Waals surface area contributed by atoms with Crippen LogP contribution in [0.25, 0.3) is 0 Å². The minimum absolute atomic E-state index is 0.0414. The molecule has 0 bridgehead atoms. The van der Waals surface area contributed by atoms with Gasteiger partial charge in [-0.05, 0) is 19.1 Å². The number of ether oxygens (including phenoxy) is 2. The zero-order chi connectivity index (χ0) is 20.3. The fourth-order valence-electron chi connectivity index (χ4n) is 2.80. The molecule has 1 amide bonds. The number of morpholine rings is 1. The predicted molar refractivity (Wildman–Crippen MR) is 93.8 cm³/mol. The van der Waals surface area contributed by atoms with Gasteiger partial charge < -0.3 is 19.7 Å². The number of nitrogens with one attached hydrogen (secondary N) is 1. The Morgan fingerprint density at radius 2 is 1.93 bits per heavy atom. The van der Waals surface area contributed by atoms with Gasteiger partial charge in [0.05, 0.1) is 38.1 Å². The number of aryl methyl sites for hydroxylation is 1. The van der Waals surface area contributed by atoms with Crippen molar-refractivity contribution in [1.82, 2.24) is 15.3 Å². The van der Waals surface area contributed by atoms with E-state index in [1.54, 1.807) is 13.0 Å². The standard InChI is InChI=1S/C18H19F3N4O3/c1-10-7-11(24-18(23-10)25-3-5-28-6-4-25)9-22-17(26)12-8-13(19)15(21)16(27-2)14(12)20/h7-8H,3-6,9H2,1-2H3,(H,22,26). The average Bonchev–Trinajstić information content (AvgIpc) is 2.69. The highest BCUT2D eigenvalue weighted by molar-refractivity contribution is 5.94. The van der Waals surface area contributed by atoms with Crippen molar-refractivity contribution in [3.8, 4) is 5.75 Å². The zero-order valence-electron chi connectivity index (χ0n) is 15.4. The second kappa shape index (κ2) is 8.42. The summed E-state index contributed by atoms with van der Waals surface area (Å²) in [4.78, 5) is 23.0. The van der Waals surface area contributed by atoms with Gasteiger partial charge >= 0.3 is 0 Å². The topological polar surface area (TPSA) is 76.6 Å². The van der Waals surface area contributed by atoms with E-state index in [0.29, 0.717) is 49.7 Å². The smallest absolute Gasteiger partial charge is 0.254 e. The van der Waals surface area contributed by atoms with Gasteiger partial charge in [-0.2, -0.15) is 4.39 Å². The fraction of sp³-hybridized carbons (Fsp3) is 0.389. The van der Waals surface area contributed by atoms with E-state index >= 15 is 0 Å². The maximum atomic E-state index is 14.2. The Balaban J connectivity index is 1.76. The number of hydrogen-bond donors (Lipinski definition) is 1. The van der Waals surface area contributed by atoms with Crippen LogP contribution < -0.4 is 15.0 Å². The van der Waals surface area contributed by atoms with Gasteiger partial charge in [-0.25, -0.2) is 18.7 Å². The highest BCUT2D eigenvalue weighted by atomic mass is 19.2. The molecule has 0 saturated carbocycles. The van der Waals surface area contributed by atoms with Gasteiger partial charge in [0.1, 0.15) is 0 Å². The molecule has 10 heteroatoms. The molecule has 0 atom stereocenters. The summed E-state index contributed by atoms with van der Waals surface area (Å²) in [6.07, 6.45) is 0. The minimum atomic E-state index is -1.49. The number of benzene rings is 1. The van der Waals surface area contributed by atoms with Crippen LogP contribution in [-0.4, -0.2) is 49.3 Å². The van der Waals surface area contributed by atoms with Crippen molar-refractivity contribution in [1.29, 1.82) is 0 Å². The summed E-state index contributed by atoms with van der Waals surface area (Å²) in [6.45, 7) is 4.18. The Morgan fingerprint density at radius 1 is 1.21 bits per heavy atom. The van der Waals surface area contributed by atoms with Crippen LogP contribution in [-0.2, 0) is 11.3 Å². The minimum Gasteiger partial charge on any atom is -0.491 e. The Bertz CT molecular complexity index is 889. The highest BCUT2D eigenvalue weighted by Gasteiger charge is 2.23. The first kappa shape index (κ1) is 19.9. The lowest BCUT2D eigenvalue weighted by Crippen LogP contribution is -2.37. The maximum absolute atomic E-state index is 14.2. The van der Waals surface area contributed by atoms with E-state index in [-0.39, 0.29) is 6.54 Å². The number of nitrogens with zero attached hydrogens (tertiary/aromatic N) is 3. The molecule has 2 heterocycles. The van der Waals surface area contributed by atoms with Crippen LogP contribution in [0, 0.1) is 24.4 Å². The van der Waals surface area contributed by atoms with Crippen LogP contribution in [0.5, 0.6) is 5.75 Å². The van der Waals surface area contributed by atoms with E-state index in [9.17, 15) is 18.0 Å². The summed E-state index contributed by atoms with van der Waals surface area (Å²) < 4.78 is 51.2. The third-order valence-corrected chi connectivity index (χ3v) is 4.18. The Hall–Kier alpha value is -2.88. The molecule has 1 saturated heterocycles. The van der Waals surface area contributed by atoms with Crippen molar-refractivity contribution < 1.29 is 27.4 Å². The van der Waals surface area contributed by atoms with Crippen LogP contribution in [0.3, 0.4) is 0 Å². The van der Waals surface area contributed by atoms with Crippen molar-refractivity contribution in [2.24, 2.45) is 0 Å². The number of carbonyl (C=O) groups excluding carboxylic acids is 1. The molecule has 7 nitrogen and oxygen atoms in total. The number of carbonyl (C=O) groups is 1. The Kier molecular flexibility index (Phi) is 5.98. The SMILES string of the molecule is COc1c(F)c(F)cc(C(=O)NCc2cc(C)nc(N3CCOCC3)n2)c1F. The first-order valence-corrected chi connectivity index (χ1v) is 8.57. The lowest BCUT2D eigenvalue weighted by atomic mass is 10.1. The first-order chi connectivity index (χ1) is 13.4. The largest absolute Gasteiger partial charge is 0.491 e. The van der Waals surface area contributed by atoms with E-state index in [1.807, 2.05) is 4.90 Å². The number of methoxy groups -OCH3 is 1. The van der Waals surface area contributed by atoms with Crippen LogP contribution >= 0.6 is 0 Å². The van der Waals surface area contributed by atoms with Gasteiger partial charge in [0.15, 0.2) is 17.4 Å².